The molecule has 0 aliphatic heterocycles. The molecule has 4 aromatic rings. The fraction of sp³-hybridized carbons (Fsp3) is 0.185. The van der Waals surface area contributed by atoms with Crippen molar-refractivity contribution in [3.05, 3.63) is 87.7 Å². The van der Waals surface area contributed by atoms with Crippen LogP contribution in [0, 0.1) is 0 Å². The molecule has 3 aromatic carbocycles. The number of hydrogen-bond acceptors (Lipinski definition) is 7. The third-order valence-electron chi connectivity index (χ3n) is 5.06. The minimum Gasteiger partial charge on any atom is -0.493 e. The molecule has 0 saturated heterocycles. The van der Waals surface area contributed by atoms with Gasteiger partial charge in [-0.1, -0.05) is 54.1 Å². The molecule has 184 valence electrons. The van der Waals surface area contributed by atoms with Gasteiger partial charge in [0.25, 0.3) is 5.56 Å². The highest BCUT2D eigenvalue weighted by atomic mass is 35.5. The van der Waals surface area contributed by atoms with E-state index in [9.17, 15) is 9.59 Å². The summed E-state index contributed by atoms with van der Waals surface area (Å²) in [4.78, 5) is 29.8. The third-order valence-corrected chi connectivity index (χ3v) is 5.34. The van der Waals surface area contributed by atoms with Crippen molar-refractivity contribution in [3.63, 3.8) is 0 Å². The van der Waals surface area contributed by atoms with E-state index in [2.05, 4.69) is 10.1 Å². The Morgan fingerprint density at radius 1 is 1.11 bits per heavy atom. The number of methoxy groups -OCH3 is 1. The van der Waals surface area contributed by atoms with Gasteiger partial charge in [-0.2, -0.15) is 9.78 Å². The van der Waals surface area contributed by atoms with E-state index in [0.717, 1.165) is 5.56 Å². The first-order valence-corrected chi connectivity index (χ1v) is 11.6. The highest BCUT2D eigenvalue weighted by Crippen LogP contribution is 2.36. The molecule has 0 radical (unpaired) electrons. The van der Waals surface area contributed by atoms with Gasteiger partial charge in [-0.15, -0.1) is 0 Å². The Morgan fingerprint density at radius 3 is 2.56 bits per heavy atom. The predicted molar refractivity (Wildman–Crippen MR) is 139 cm³/mol. The first kappa shape index (κ1) is 24.9. The Balaban J connectivity index is 1.71. The Morgan fingerprint density at radius 2 is 1.83 bits per heavy atom. The number of benzene rings is 3. The monoisotopic (exact) mass is 505 g/mol. The van der Waals surface area contributed by atoms with Crippen molar-refractivity contribution in [2.24, 2.45) is 5.10 Å². The van der Waals surface area contributed by atoms with Crippen molar-refractivity contribution >= 4 is 34.7 Å². The predicted octanol–water partition coefficient (Wildman–Crippen LogP) is 4.94. The number of aromatic nitrogens is 2. The molecule has 4 rings (SSSR count). The number of carbonyl (C=O) groups excluding carboxylic acids is 1. The molecular weight excluding hydrogens is 482 g/mol. The maximum absolute atomic E-state index is 13.3. The molecule has 0 fully saturated rings. The number of nitrogens with zero attached hydrogens (tertiary/aromatic N) is 3. The third kappa shape index (κ3) is 5.55. The average molecular weight is 506 g/mol. The van der Waals surface area contributed by atoms with E-state index in [0.29, 0.717) is 28.0 Å². The van der Waals surface area contributed by atoms with Crippen LogP contribution in [0.5, 0.6) is 11.5 Å². The minimum absolute atomic E-state index is 0.200. The Labute approximate surface area is 212 Å². The number of ether oxygens (including phenoxy) is 3. The fourth-order valence-electron chi connectivity index (χ4n) is 3.51. The van der Waals surface area contributed by atoms with Gasteiger partial charge >= 0.3 is 5.97 Å². The van der Waals surface area contributed by atoms with Crippen LogP contribution in [0.25, 0.3) is 22.3 Å². The Hall–Kier alpha value is -4.17. The second-order valence-electron chi connectivity index (χ2n) is 8.04. The van der Waals surface area contributed by atoms with Gasteiger partial charge < -0.3 is 14.2 Å². The molecule has 0 bridgehead atoms. The van der Waals surface area contributed by atoms with Crippen molar-refractivity contribution in [1.82, 2.24) is 9.66 Å². The molecule has 1 aromatic heterocycles. The van der Waals surface area contributed by atoms with Gasteiger partial charge in [0, 0.05) is 5.56 Å². The van der Waals surface area contributed by atoms with E-state index >= 15 is 0 Å². The van der Waals surface area contributed by atoms with E-state index in [1.54, 1.807) is 44.2 Å². The first-order chi connectivity index (χ1) is 17.4. The standard InChI is InChI=1S/C27H24ClN3O5/c1-17(2)36-24(32)16-35-25-21(28)13-18(14-23(25)34-3)15-29-31-26(19-9-5-4-6-10-19)30-22-12-8-7-11-20(22)27(31)33/h4-15,17H,16H2,1-3H3. The lowest BCUT2D eigenvalue weighted by molar-refractivity contribution is -0.149. The molecule has 0 amide bonds. The van der Waals surface area contributed by atoms with Crippen molar-refractivity contribution in [1.29, 1.82) is 0 Å². The normalized spacial score (nSPS) is 11.2. The van der Waals surface area contributed by atoms with E-state index in [1.807, 2.05) is 36.4 Å². The maximum Gasteiger partial charge on any atom is 0.344 e. The second kappa shape index (κ2) is 11.0. The zero-order valence-corrected chi connectivity index (χ0v) is 20.7. The van der Waals surface area contributed by atoms with Crippen molar-refractivity contribution < 1.29 is 19.0 Å². The molecule has 0 aliphatic carbocycles. The highest BCUT2D eigenvalue weighted by molar-refractivity contribution is 6.32. The zero-order chi connectivity index (χ0) is 25.7. The van der Waals surface area contributed by atoms with Gasteiger partial charge in [0.1, 0.15) is 0 Å². The summed E-state index contributed by atoms with van der Waals surface area (Å²) < 4.78 is 17.3. The number of halogens is 1. The van der Waals surface area contributed by atoms with Gasteiger partial charge in [-0.3, -0.25) is 4.79 Å². The number of fused-ring (bicyclic) bond motifs is 1. The lowest BCUT2D eigenvalue weighted by Crippen LogP contribution is -2.20. The van der Waals surface area contributed by atoms with Gasteiger partial charge in [0.15, 0.2) is 23.9 Å². The number of hydrogen-bond donors (Lipinski definition) is 0. The van der Waals surface area contributed by atoms with Crippen LogP contribution in [0.3, 0.4) is 0 Å². The molecule has 0 N–H and O–H groups in total. The summed E-state index contributed by atoms with van der Waals surface area (Å²) in [7, 11) is 1.46. The molecule has 9 heteroatoms. The smallest absolute Gasteiger partial charge is 0.344 e. The lowest BCUT2D eigenvalue weighted by atomic mass is 10.2. The van der Waals surface area contributed by atoms with Gasteiger partial charge in [-0.05, 0) is 43.7 Å². The number of esters is 1. The Kier molecular flexibility index (Phi) is 7.65. The lowest BCUT2D eigenvalue weighted by Gasteiger charge is -2.14. The molecule has 0 aliphatic rings. The molecular formula is C27H24ClN3O5. The largest absolute Gasteiger partial charge is 0.493 e. The molecule has 0 unspecified atom stereocenters. The van der Waals surface area contributed by atoms with Crippen molar-refractivity contribution in [2.45, 2.75) is 20.0 Å². The fourth-order valence-corrected chi connectivity index (χ4v) is 3.79. The summed E-state index contributed by atoms with van der Waals surface area (Å²) in [5.41, 5.74) is 1.56. The number of para-hydroxylation sites is 1. The van der Waals surface area contributed by atoms with E-state index in [4.69, 9.17) is 25.8 Å². The minimum atomic E-state index is -0.523. The zero-order valence-electron chi connectivity index (χ0n) is 20.0. The molecule has 8 nitrogen and oxygen atoms in total. The quantitative estimate of drug-likeness (QED) is 0.249. The summed E-state index contributed by atoms with van der Waals surface area (Å²) in [5.74, 6) is 0.378. The summed E-state index contributed by atoms with van der Waals surface area (Å²) in [5, 5.41) is 5.10. The average Bonchev–Trinajstić information content (AvgIpc) is 2.87. The van der Waals surface area contributed by atoms with Crippen LogP contribution in [0.2, 0.25) is 5.02 Å². The van der Waals surface area contributed by atoms with Crippen molar-refractivity contribution in [2.75, 3.05) is 13.7 Å². The maximum atomic E-state index is 13.3. The van der Waals surface area contributed by atoms with Gasteiger partial charge in [0.2, 0.25) is 0 Å². The number of carbonyl (C=O) groups is 1. The van der Waals surface area contributed by atoms with Crippen LogP contribution >= 0.6 is 11.6 Å². The summed E-state index contributed by atoms with van der Waals surface area (Å²) in [6, 6.07) is 19.7. The van der Waals surface area contributed by atoms with Crippen LogP contribution < -0.4 is 15.0 Å². The van der Waals surface area contributed by atoms with E-state index in [-0.39, 0.29) is 29.0 Å². The summed E-state index contributed by atoms with van der Waals surface area (Å²) in [6.45, 7) is 3.18. The Bertz CT molecular complexity index is 1480. The summed E-state index contributed by atoms with van der Waals surface area (Å²) in [6.07, 6.45) is 1.22. The van der Waals surface area contributed by atoms with Gasteiger partial charge in [0.05, 0.1) is 35.4 Å². The highest BCUT2D eigenvalue weighted by Gasteiger charge is 2.16. The summed E-state index contributed by atoms with van der Waals surface area (Å²) >= 11 is 6.42. The topological polar surface area (TPSA) is 92.0 Å². The van der Waals surface area contributed by atoms with Crippen molar-refractivity contribution in [3.8, 4) is 22.9 Å². The number of rotatable bonds is 8. The second-order valence-corrected chi connectivity index (χ2v) is 8.45. The van der Waals surface area contributed by atoms with Crippen LogP contribution in [-0.4, -0.2) is 41.7 Å². The molecule has 0 spiro atoms. The molecule has 36 heavy (non-hydrogen) atoms. The van der Waals surface area contributed by atoms with Crippen LogP contribution in [-0.2, 0) is 9.53 Å². The van der Waals surface area contributed by atoms with Crippen LogP contribution in [0.1, 0.15) is 19.4 Å². The van der Waals surface area contributed by atoms with E-state index < -0.39 is 5.97 Å². The molecule has 0 saturated carbocycles. The van der Waals surface area contributed by atoms with E-state index in [1.165, 1.54) is 18.0 Å². The SMILES string of the molecule is COc1cc(C=Nn2c(-c3ccccc3)nc3ccccc3c2=O)cc(Cl)c1OCC(=O)OC(C)C. The first-order valence-electron chi connectivity index (χ1n) is 11.2. The molecule has 0 atom stereocenters. The molecule has 1 heterocycles. The van der Waals surface area contributed by atoms with Crippen LogP contribution in [0.15, 0.2) is 76.6 Å². The van der Waals surface area contributed by atoms with Crippen LogP contribution in [0.4, 0.5) is 0 Å². The van der Waals surface area contributed by atoms with Gasteiger partial charge in [-0.25, -0.2) is 9.78 Å².